The predicted octanol–water partition coefficient (Wildman–Crippen LogP) is 18.9. The molecule has 0 unspecified atom stereocenters. The fourth-order valence-corrected chi connectivity index (χ4v) is 11.1. The van der Waals surface area contributed by atoms with Crippen LogP contribution in [0.1, 0.15) is 0 Å². The van der Waals surface area contributed by atoms with Crippen LogP contribution in [-0.4, -0.2) is 0 Å². The van der Waals surface area contributed by atoms with Gasteiger partial charge in [0.15, 0.2) is 0 Å². The number of hydrogen-bond acceptors (Lipinski definition) is 0. The zero-order valence-electron chi connectivity index (χ0n) is 36.2. The highest BCUT2D eigenvalue weighted by molar-refractivity contribution is 6.35. The predicted molar refractivity (Wildman–Crippen MR) is 289 cm³/mol. The lowest BCUT2D eigenvalue weighted by molar-refractivity contribution is 1.72. The summed E-state index contributed by atoms with van der Waals surface area (Å²) < 4.78 is 0. The minimum Gasteiger partial charge on any atom is -0.0623 e. The highest BCUT2D eigenvalue weighted by Crippen LogP contribution is 2.42. The van der Waals surface area contributed by atoms with Crippen LogP contribution < -0.4 is 0 Å². The highest BCUT2D eigenvalue weighted by Gasteiger charge is 2.14. The van der Waals surface area contributed by atoms with Gasteiger partial charge in [0.2, 0.25) is 0 Å². The summed E-state index contributed by atoms with van der Waals surface area (Å²) >= 11 is 0. The van der Waals surface area contributed by atoms with Gasteiger partial charge in [-0.2, -0.15) is 0 Å². The minimum atomic E-state index is 1.33. The molecule has 0 aliphatic rings. The number of fused-ring (bicyclic) bond motifs is 6. The first-order valence-electron chi connectivity index (χ1n) is 22.9. The van der Waals surface area contributed by atoms with E-state index in [0.717, 1.165) is 0 Å². The monoisotopic (exact) mass is 834 g/mol. The third-order valence-electron chi connectivity index (χ3n) is 13.8. The van der Waals surface area contributed by atoms with Crippen LogP contribution in [0.3, 0.4) is 0 Å². The van der Waals surface area contributed by atoms with E-state index in [9.17, 15) is 0 Å². The molecule has 306 valence electrons. The first kappa shape index (κ1) is 37.9. The molecule has 0 radical (unpaired) electrons. The summed E-state index contributed by atoms with van der Waals surface area (Å²) in [4.78, 5) is 0. The molecule has 16 aromatic rings. The molecule has 0 saturated heterocycles. The van der Waals surface area contributed by atoms with Gasteiger partial charge in [-0.25, -0.2) is 0 Å². The van der Waals surface area contributed by atoms with Gasteiger partial charge < -0.3 is 0 Å². The molecule has 0 heterocycles. The van der Waals surface area contributed by atoms with Crippen molar-refractivity contribution in [3.8, 4) is 0 Å². The van der Waals surface area contributed by atoms with E-state index in [4.69, 9.17) is 0 Å². The van der Waals surface area contributed by atoms with E-state index in [1.54, 1.807) is 0 Å². The van der Waals surface area contributed by atoms with E-state index in [1.807, 2.05) is 36.4 Å². The maximum Gasteiger partial charge on any atom is -0.00264 e. The second-order valence-corrected chi connectivity index (χ2v) is 17.4. The van der Waals surface area contributed by atoms with Gasteiger partial charge >= 0.3 is 0 Å². The van der Waals surface area contributed by atoms with Crippen molar-refractivity contribution in [3.05, 3.63) is 255 Å². The van der Waals surface area contributed by atoms with Gasteiger partial charge in [-0.3, -0.25) is 0 Å². The van der Waals surface area contributed by atoms with Crippen molar-refractivity contribution in [2.45, 2.75) is 0 Å². The number of benzene rings is 16. The second-order valence-electron chi connectivity index (χ2n) is 17.4. The fourth-order valence-electron chi connectivity index (χ4n) is 11.1. The molecule has 0 atom stereocenters. The van der Waals surface area contributed by atoms with Gasteiger partial charge in [-0.05, 0) is 129 Å². The first-order chi connectivity index (χ1) is 32.8. The molecule has 0 aromatic heterocycles. The Kier molecular flexibility index (Phi) is 8.96. The molecule has 0 aliphatic heterocycles. The van der Waals surface area contributed by atoms with Crippen molar-refractivity contribution in [2.24, 2.45) is 0 Å². The Morgan fingerprint density at radius 2 is 0.212 bits per heavy atom. The van der Waals surface area contributed by atoms with Crippen LogP contribution in [0.5, 0.6) is 0 Å². The van der Waals surface area contributed by atoms with Crippen LogP contribution >= 0.6 is 0 Å². The lowest BCUT2D eigenvalue weighted by Gasteiger charge is -2.13. The molecule has 0 heteroatoms. The SMILES string of the molecule is c1cc2cccc3c4cccc5cccc(c(c1)c23)c54.c1cc2cccc3c4cccc5cccc(c(c1)c23)c54.c1cc2cccc3c4cccc5cccc(c(c1)c23)c54.c1ccccc1. The minimum absolute atomic E-state index is 1.33. The molecule has 0 aliphatic carbocycles. The van der Waals surface area contributed by atoms with Gasteiger partial charge in [0.1, 0.15) is 0 Å². The third-order valence-corrected chi connectivity index (χ3v) is 13.8. The Hall–Kier alpha value is -8.58. The molecule has 0 nitrogen and oxygen atoms in total. The van der Waals surface area contributed by atoms with Gasteiger partial charge in [0, 0.05) is 0 Å². The largest absolute Gasteiger partial charge is 0.0623 e. The molecule has 0 amide bonds. The third kappa shape index (κ3) is 6.00. The van der Waals surface area contributed by atoms with Crippen LogP contribution in [-0.2, 0) is 0 Å². The highest BCUT2D eigenvalue weighted by atomic mass is 14.2. The molecule has 0 spiro atoms. The summed E-state index contributed by atoms with van der Waals surface area (Å²) in [6, 6.07) is 91.3. The molecule has 0 bridgehead atoms. The lowest BCUT2D eigenvalue weighted by Crippen LogP contribution is -1.85. The lowest BCUT2D eigenvalue weighted by atomic mass is 9.90. The Bertz CT molecular complexity index is 3430. The average molecular weight is 835 g/mol. The summed E-state index contributed by atoms with van der Waals surface area (Å²) in [6.07, 6.45) is 0. The van der Waals surface area contributed by atoms with Crippen molar-refractivity contribution in [1.82, 2.24) is 0 Å². The van der Waals surface area contributed by atoms with Gasteiger partial charge in [-0.15, -0.1) is 0 Å². The Morgan fingerprint density at radius 1 is 0.106 bits per heavy atom. The normalized spacial score (nSPS) is 11.6. The van der Waals surface area contributed by atoms with E-state index in [-0.39, 0.29) is 0 Å². The van der Waals surface area contributed by atoms with Crippen molar-refractivity contribution >= 4 is 129 Å². The van der Waals surface area contributed by atoms with Crippen molar-refractivity contribution in [1.29, 1.82) is 0 Å². The Morgan fingerprint density at radius 3 is 0.318 bits per heavy atom. The van der Waals surface area contributed by atoms with Crippen LogP contribution in [0.2, 0.25) is 0 Å². The topological polar surface area (TPSA) is 0 Å². The smallest absolute Gasteiger partial charge is 0.00264 e. The van der Waals surface area contributed by atoms with Crippen molar-refractivity contribution in [3.63, 3.8) is 0 Å². The number of hydrogen-bond donors (Lipinski definition) is 0. The van der Waals surface area contributed by atoms with E-state index < -0.39 is 0 Å². The average Bonchev–Trinajstić information content (AvgIpc) is 3.39. The summed E-state index contributed by atoms with van der Waals surface area (Å²) in [5.41, 5.74) is 0. The molecule has 66 heavy (non-hydrogen) atoms. The molecule has 0 saturated carbocycles. The molecule has 16 aromatic carbocycles. The summed E-state index contributed by atoms with van der Waals surface area (Å²) in [7, 11) is 0. The van der Waals surface area contributed by atoms with E-state index in [2.05, 4.69) is 218 Å². The summed E-state index contributed by atoms with van der Waals surface area (Å²) in [6.45, 7) is 0. The van der Waals surface area contributed by atoms with E-state index in [0.29, 0.717) is 0 Å². The molecule has 0 N–H and O–H groups in total. The van der Waals surface area contributed by atoms with E-state index >= 15 is 0 Å². The maximum atomic E-state index is 2.25. The van der Waals surface area contributed by atoms with Crippen LogP contribution in [0.15, 0.2) is 255 Å². The summed E-state index contributed by atoms with van der Waals surface area (Å²) in [5.74, 6) is 0. The van der Waals surface area contributed by atoms with Gasteiger partial charge in [0.25, 0.3) is 0 Å². The Labute approximate surface area is 382 Å². The first-order valence-corrected chi connectivity index (χ1v) is 22.9. The molecular formula is C66H42. The number of rotatable bonds is 0. The van der Waals surface area contributed by atoms with Crippen molar-refractivity contribution in [2.75, 3.05) is 0 Å². The zero-order valence-corrected chi connectivity index (χ0v) is 36.2. The Balaban J connectivity index is 0.0000000928. The summed E-state index contributed by atoms with van der Waals surface area (Å²) in [5, 5.41) is 32.7. The van der Waals surface area contributed by atoms with Gasteiger partial charge in [0.05, 0.1) is 0 Å². The standard InChI is InChI=1S/3C20H12.C6H6/c3*1-5-13-6-2-11-17-18-12-4-8-14-7-3-10-16(20(14)18)15(9-1)19(13)17;1-2-4-6-5-3-1/h3*1-12H;1-6H. The fraction of sp³-hybridized carbons (Fsp3) is 0. The van der Waals surface area contributed by atoms with E-state index in [1.165, 1.54) is 129 Å². The molecule has 0 fully saturated rings. The maximum absolute atomic E-state index is 2.25. The second kappa shape index (κ2) is 15.6. The van der Waals surface area contributed by atoms with Crippen LogP contribution in [0, 0.1) is 0 Å². The quantitative estimate of drug-likeness (QED) is 0.105. The van der Waals surface area contributed by atoms with Crippen molar-refractivity contribution < 1.29 is 0 Å². The molecule has 16 rings (SSSR count). The molecular weight excluding hydrogens is 793 g/mol. The van der Waals surface area contributed by atoms with Gasteiger partial charge in [-0.1, -0.05) is 255 Å². The zero-order chi connectivity index (χ0) is 43.6. The van der Waals surface area contributed by atoms with Crippen LogP contribution in [0.25, 0.3) is 129 Å². The van der Waals surface area contributed by atoms with Crippen LogP contribution in [0.4, 0.5) is 0 Å².